The van der Waals surface area contributed by atoms with Crippen LogP contribution in [0.15, 0.2) is 45.0 Å². The van der Waals surface area contributed by atoms with Crippen molar-refractivity contribution in [3.05, 3.63) is 55.5 Å². The topological polar surface area (TPSA) is 56.0 Å². The number of carbonyl (C=O) groups is 1. The third kappa shape index (κ3) is 3.40. The highest BCUT2D eigenvalue weighted by atomic mass is 79.9. The average Bonchev–Trinajstić information content (AvgIpc) is 3.05. The van der Waals surface area contributed by atoms with Crippen LogP contribution in [0.25, 0.3) is 11.0 Å². The number of amides is 1. The minimum Gasteiger partial charge on any atom is -0.354 e. The van der Waals surface area contributed by atoms with Gasteiger partial charge in [0.1, 0.15) is 6.54 Å². The molecule has 3 aromatic rings. The smallest absolute Gasteiger partial charge is 0.329 e. The van der Waals surface area contributed by atoms with Crippen LogP contribution in [0.2, 0.25) is 0 Å². The number of halogens is 1. The normalized spacial score (nSPS) is 11.0. The van der Waals surface area contributed by atoms with Crippen molar-refractivity contribution < 1.29 is 4.79 Å². The third-order valence-electron chi connectivity index (χ3n) is 3.68. The molecule has 1 amide bonds. The van der Waals surface area contributed by atoms with Crippen LogP contribution in [0.4, 0.5) is 0 Å². The number of aromatic nitrogens is 2. The molecule has 0 atom stereocenters. The lowest BCUT2D eigenvalue weighted by Gasteiger charge is -2.05. The van der Waals surface area contributed by atoms with Gasteiger partial charge >= 0.3 is 5.69 Å². The van der Waals surface area contributed by atoms with Crippen molar-refractivity contribution in [1.29, 1.82) is 0 Å². The molecule has 7 heteroatoms. The summed E-state index contributed by atoms with van der Waals surface area (Å²) in [6, 6.07) is 11.5. The van der Waals surface area contributed by atoms with Crippen LogP contribution in [0.5, 0.6) is 0 Å². The van der Waals surface area contributed by atoms with Crippen molar-refractivity contribution in [2.75, 3.05) is 6.54 Å². The maximum atomic E-state index is 12.3. The standard InChI is InChI=1S/C16H16BrN3O2S/c1-19-12-4-2-3-5-13(12)20(16(19)22)10-15(21)18-9-8-11-6-7-14(17)23-11/h2-7H,8-10H2,1H3,(H,18,21). The number of nitrogens with zero attached hydrogens (tertiary/aromatic N) is 2. The first-order valence-corrected chi connectivity index (χ1v) is 8.82. The monoisotopic (exact) mass is 393 g/mol. The van der Waals surface area contributed by atoms with Gasteiger partial charge in [-0.1, -0.05) is 12.1 Å². The summed E-state index contributed by atoms with van der Waals surface area (Å²) in [7, 11) is 1.72. The summed E-state index contributed by atoms with van der Waals surface area (Å²) in [5.74, 6) is -0.154. The molecule has 0 aliphatic rings. The molecular weight excluding hydrogens is 378 g/mol. The molecule has 5 nitrogen and oxygen atoms in total. The van der Waals surface area contributed by atoms with Crippen molar-refractivity contribution in [1.82, 2.24) is 14.5 Å². The summed E-state index contributed by atoms with van der Waals surface area (Å²) >= 11 is 5.08. The number of nitrogens with one attached hydrogen (secondary N) is 1. The molecule has 1 N–H and O–H groups in total. The average molecular weight is 394 g/mol. The zero-order valence-corrected chi connectivity index (χ0v) is 15.0. The van der Waals surface area contributed by atoms with Crippen molar-refractivity contribution in [3.63, 3.8) is 0 Å². The molecule has 0 spiro atoms. The Hall–Kier alpha value is -1.86. The Labute approximate surface area is 145 Å². The van der Waals surface area contributed by atoms with E-state index in [1.165, 1.54) is 9.44 Å². The van der Waals surface area contributed by atoms with Crippen LogP contribution in [-0.2, 0) is 24.8 Å². The lowest BCUT2D eigenvalue weighted by Crippen LogP contribution is -2.33. The number of hydrogen-bond donors (Lipinski definition) is 1. The van der Waals surface area contributed by atoms with E-state index in [2.05, 4.69) is 21.2 Å². The number of imidazole rings is 1. The van der Waals surface area contributed by atoms with E-state index >= 15 is 0 Å². The molecular formula is C16H16BrN3O2S. The molecule has 0 saturated heterocycles. The lowest BCUT2D eigenvalue weighted by atomic mass is 10.3. The number of aryl methyl sites for hydroxylation is 1. The molecule has 1 aromatic carbocycles. The van der Waals surface area contributed by atoms with Crippen LogP contribution in [0.1, 0.15) is 4.88 Å². The second kappa shape index (κ2) is 6.72. The van der Waals surface area contributed by atoms with Gasteiger partial charge in [-0.3, -0.25) is 13.9 Å². The summed E-state index contributed by atoms with van der Waals surface area (Å²) in [5, 5.41) is 2.87. The van der Waals surface area contributed by atoms with E-state index < -0.39 is 0 Å². The highest BCUT2D eigenvalue weighted by molar-refractivity contribution is 9.11. The van der Waals surface area contributed by atoms with Crippen LogP contribution in [0.3, 0.4) is 0 Å². The molecule has 2 aromatic heterocycles. The fourth-order valence-electron chi connectivity index (χ4n) is 2.53. The van der Waals surface area contributed by atoms with Gasteiger partial charge in [0, 0.05) is 18.5 Å². The molecule has 0 aliphatic heterocycles. The number of fused-ring (bicyclic) bond motifs is 1. The van der Waals surface area contributed by atoms with Crippen molar-refractivity contribution in [2.45, 2.75) is 13.0 Å². The van der Waals surface area contributed by atoms with Gasteiger partial charge in [0.15, 0.2) is 0 Å². The first-order chi connectivity index (χ1) is 11.1. The lowest BCUT2D eigenvalue weighted by molar-refractivity contribution is -0.121. The van der Waals surface area contributed by atoms with E-state index in [-0.39, 0.29) is 18.1 Å². The van der Waals surface area contributed by atoms with E-state index in [1.807, 2.05) is 36.4 Å². The maximum absolute atomic E-state index is 12.3. The summed E-state index contributed by atoms with van der Waals surface area (Å²) < 4.78 is 4.15. The summed E-state index contributed by atoms with van der Waals surface area (Å²) in [4.78, 5) is 25.6. The van der Waals surface area contributed by atoms with Crippen LogP contribution >= 0.6 is 27.3 Å². The largest absolute Gasteiger partial charge is 0.354 e. The van der Waals surface area contributed by atoms with Gasteiger partial charge in [-0.05, 0) is 46.6 Å². The quantitative estimate of drug-likeness (QED) is 0.723. The van der Waals surface area contributed by atoms with Gasteiger partial charge in [0.2, 0.25) is 5.91 Å². The molecule has 0 fully saturated rings. The zero-order valence-electron chi connectivity index (χ0n) is 12.6. The van der Waals surface area contributed by atoms with E-state index in [0.29, 0.717) is 6.54 Å². The van der Waals surface area contributed by atoms with Gasteiger partial charge < -0.3 is 5.32 Å². The molecule has 0 radical (unpaired) electrons. The molecule has 120 valence electrons. The Morgan fingerprint density at radius 2 is 1.96 bits per heavy atom. The molecule has 2 heterocycles. The second-order valence-electron chi connectivity index (χ2n) is 5.22. The van der Waals surface area contributed by atoms with Gasteiger partial charge in [-0.25, -0.2) is 4.79 Å². The van der Waals surface area contributed by atoms with Crippen LogP contribution < -0.4 is 11.0 Å². The highest BCUT2D eigenvalue weighted by Crippen LogP contribution is 2.22. The van der Waals surface area contributed by atoms with Gasteiger partial charge in [-0.2, -0.15) is 0 Å². The Bertz CT molecular complexity index is 910. The third-order valence-corrected chi connectivity index (χ3v) is 5.36. The first-order valence-electron chi connectivity index (χ1n) is 7.21. The number of hydrogen-bond acceptors (Lipinski definition) is 3. The molecule has 3 rings (SSSR count). The van der Waals surface area contributed by atoms with Crippen molar-refractivity contribution in [3.8, 4) is 0 Å². The predicted molar refractivity (Wildman–Crippen MR) is 95.9 cm³/mol. The minimum atomic E-state index is -0.177. The zero-order chi connectivity index (χ0) is 16.4. The van der Waals surface area contributed by atoms with Crippen LogP contribution in [-0.4, -0.2) is 21.6 Å². The van der Waals surface area contributed by atoms with E-state index in [4.69, 9.17) is 0 Å². The molecule has 0 saturated carbocycles. The summed E-state index contributed by atoms with van der Waals surface area (Å²) in [6.07, 6.45) is 0.784. The number of rotatable bonds is 5. The Balaban J connectivity index is 1.66. The fraction of sp³-hybridized carbons (Fsp3) is 0.250. The van der Waals surface area contributed by atoms with Gasteiger partial charge in [-0.15, -0.1) is 11.3 Å². The fourth-order valence-corrected chi connectivity index (χ4v) is 4.01. The summed E-state index contributed by atoms with van der Waals surface area (Å²) in [6.45, 7) is 0.597. The summed E-state index contributed by atoms with van der Waals surface area (Å²) in [5.41, 5.74) is 1.43. The minimum absolute atomic E-state index is 0.0360. The number of para-hydroxylation sites is 2. The molecule has 23 heavy (non-hydrogen) atoms. The van der Waals surface area contributed by atoms with E-state index in [9.17, 15) is 9.59 Å². The van der Waals surface area contributed by atoms with Gasteiger partial charge in [0.25, 0.3) is 0 Å². The molecule has 0 unspecified atom stereocenters. The number of thiophene rings is 1. The Morgan fingerprint density at radius 3 is 2.65 bits per heavy atom. The van der Waals surface area contributed by atoms with Crippen LogP contribution in [0, 0.1) is 0 Å². The van der Waals surface area contributed by atoms with Crippen molar-refractivity contribution in [2.24, 2.45) is 7.05 Å². The first kappa shape index (κ1) is 16.0. The van der Waals surface area contributed by atoms with E-state index in [1.54, 1.807) is 23.0 Å². The highest BCUT2D eigenvalue weighted by Gasteiger charge is 2.12. The molecule has 0 aliphatic carbocycles. The van der Waals surface area contributed by atoms with Crippen molar-refractivity contribution >= 4 is 44.2 Å². The van der Waals surface area contributed by atoms with E-state index in [0.717, 1.165) is 21.2 Å². The second-order valence-corrected chi connectivity index (χ2v) is 7.77. The van der Waals surface area contributed by atoms with Gasteiger partial charge in [0.05, 0.1) is 14.8 Å². The molecule has 0 bridgehead atoms. The Morgan fingerprint density at radius 1 is 1.22 bits per heavy atom. The number of benzene rings is 1. The Kier molecular flexibility index (Phi) is 4.68. The maximum Gasteiger partial charge on any atom is 0.329 e. The SMILES string of the molecule is Cn1c(=O)n(CC(=O)NCCc2ccc(Br)s2)c2ccccc21. The predicted octanol–water partition coefficient (Wildman–Crippen LogP) is 2.52. The number of carbonyl (C=O) groups excluding carboxylic acids is 1.